The van der Waals surface area contributed by atoms with Crippen LogP contribution in [-0.2, 0) is 27.7 Å². The van der Waals surface area contributed by atoms with Crippen molar-refractivity contribution < 1.29 is 13.2 Å². The van der Waals surface area contributed by atoms with Crippen LogP contribution < -0.4 is 10.0 Å². The largest absolute Gasteiger partial charge is 0.370 e. The number of fused-ring (bicyclic) bond motifs is 1. The van der Waals surface area contributed by atoms with Crippen LogP contribution in [0.2, 0.25) is 0 Å². The number of hydrogen-bond acceptors (Lipinski definition) is 3. The molecule has 6 heteroatoms. The Kier molecular flexibility index (Phi) is 4.57. The Balaban J connectivity index is 2.00. The molecule has 1 amide bonds. The zero-order chi connectivity index (χ0) is 17.2. The van der Waals surface area contributed by atoms with Gasteiger partial charge in [-0.15, -0.1) is 0 Å². The van der Waals surface area contributed by atoms with Crippen LogP contribution in [0, 0.1) is 0 Å². The number of carbonyl (C=O) groups excluding carboxylic acids is 1. The minimum atomic E-state index is -3.75. The van der Waals surface area contributed by atoms with Crippen LogP contribution >= 0.6 is 0 Å². The third kappa shape index (κ3) is 3.28. The van der Waals surface area contributed by atoms with E-state index < -0.39 is 15.9 Å². The first kappa shape index (κ1) is 16.5. The first-order valence-electron chi connectivity index (χ1n) is 7.96. The summed E-state index contributed by atoms with van der Waals surface area (Å²) in [5.74, 6) is -0.528. The molecular weight excluding hydrogens is 324 g/mol. The molecule has 0 aromatic heterocycles. The van der Waals surface area contributed by atoms with Gasteiger partial charge in [0.15, 0.2) is 0 Å². The van der Waals surface area contributed by atoms with E-state index >= 15 is 0 Å². The maximum atomic E-state index is 13.1. The predicted molar refractivity (Wildman–Crippen MR) is 93.3 cm³/mol. The van der Waals surface area contributed by atoms with E-state index in [1.807, 2.05) is 12.1 Å². The van der Waals surface area contributed by atoms with Gasteiger partial charge in [0, 0.05) is 13.0 Å². The molecule has 0 saturated carbocycles. The quantitative estimate of drug-likeness (QED) is 0.873. The summed E-state index contributed by atoms with van der Waals surface area (Å²) >= 11 is 0. The highest BCUT2D eigenvalue weighted by Crippen LogP contribution is 2.28. The molecule has 2 aromatic carbocycles. The lowest BCUT2D eigenvalue weighted by Gasteiger charge is -2.24. The summed E-state index contributed by atoms with van der Waals surface area (Å²) in [5.41, 5.74) is 8.06. The van der Waals surface area contributed by atoms with Gasteiger partial charge in [-0.2, -0.15) is 0 Å². The van der Waals surface area contributed by atoms with Crippen molar-refractivity contribution >= 4 is 21.6 Å². The molecule has 24 heavy (non-hydrogen) atoms. The highest BCUT2D eigenvalue weighted by atomic mass is 32.2. The number of nitrogens with two attached hydrogens (primary N) is 1. The molecular formula is C18H20N2O3S. The molecule has 0 spiro atoms. The molecule has 0 aliphatic heterocycles. The number of aryl methyl sites for hydroxylation is 2. The van der Waals surface area contributed by atoms with Crippen molar-refractivity contribution in [3.8, 4) is 0 Å². The Morgan fingerprint density at radius 2 is 1.75 bits per heavy atom. The number of benzene rings is 2. The third-order valence-corrected chi connectivity index (χ3v) is 6.09. The van der Waals surface area contributed by atoms with Crippen molar-refractivity contribution in [2.24, 2.45) is 5.73 Å². The lowest BCUT2D eigenvalue weighted by Crippen LogP contribution is -2.34. The van der Waals surface area contributed by atoms with Crippen molar-refractivity contribution in [2.75, 3.05) is 10.8 Å². The molecule has 0 fully saturated rings. The second kappa shape index (κ2) is 6.65. The topological polar surface area (TPSA) is 80.5 Å². The molecule has 126 valence electrons. The highest BCUT2D eigenvalue weighted by Gasteiger charge is 2.26. The summed E-state index contributed by atoms with van der Waals surface area (Å²) in [6.07, 6.45) is 2.94. The van der Waals surface area contributed by atoms with Crippen molar-refractivity contribution in [3.63, 3.8) is 0 Å². The van der Waals surface area contributed by atoms with Gasteiger partial charge in [-0.1, -0.05) is 24.3 Å². The van der Waals surface area contributed by atoms with Gasteiger partial charge in [0.2, 0.25) is 5.91 Å². The fourth-order valence-corrected chi connectivity index (χ4v) is 4.55. The zero-order valence-corrected chi connectivity index (χ0v) is 14.1. The van der Waals surface area contributed by atoms with Crippen LogP contribution in [0.25, 0.3) is 0 Å². The summed E-state index contributed by atoms with van der Waals surface area (Å²) < 4.78 is 27.5. The molecule has 0 radical (unpaired) electrons. The minimum Gasteiger partial charge on any atom is -0.370 e. The van der Waals surface area contributed by atoms with Gasteiger partial charge < -0.3 is 5.73 Å². The SMILES string of the molecule is NC(=O)CCN(c1ccccc1)S(=O)(=O)c1ccc2c(c1)CCC2. The van der Waals surface area contributed by atoms with Crippen molar-refractivity contribution in [1.82, 2.24) is 0 Å². The Hall–Kier alpha value is -2.34. The molecule has 5 nitrogen and oxygen atoms in total. The maximum Gasteiger partial charge on any atom is 0.264 e. The van der Waals surface area contributed by atoms with Gasteiger partial charge in [-0.25, -0.2) is 8.42 Å². The molecule has 2 N–H and O–H groups in total. The van der Waals surface area contributed by atoms with E-state index in [4.69, 9.17) is 5.73 Å². The van der Waals surface area contributed by atoms with Gasteiger partial charge in [0.1, 0.15) is 0 Å². The normalized spacial score (nSPS) is 13.5. The van der Waals surface area contributed by atoms with Crippen molar-refractivity contribution in [1.29, 1.82) is 0 Å². The van der Waals surface area contributed by atoms with E-state index in [2.05, 4.69) is 0 Å². The molecule has 1 aliphatic rings. The number of anilines is 1. The second-order valence-corrected chi connectivity index (χ2v) is 7.78. The summed E-state index contributed by atoms with van der Waals surface area (Å²) in [6, 6.07) is 14.1. The summed E-state index contributed by atoms with van der Waals surface area (Å²) in [6.45, 7) is 0.0266. The number of carbonyl (C=O) groups is 1. The molecule has 3 rings (SSSR count). The molecule has 0 unspecified atom stereocenters. The van der Waals surface area contributed by atoms with E-state index in [-0.39, 0.29) is 17.9 Å². The molecule has 0 saturated heterocycles. The Labute approximate surface area is 142 Å². The van der Waals surface area contributed by atoms with Gasteiger partial charge >= 0.3 is 0 Å². The van der Waals surface area contributed by atoms with Gasteiger partial charge in [-0.05, 0) is 54.7 Å². The number of para-hydroxylation sites is 1. The molecule has 0 bridgehead atoms. The average Bonchev–Trinajstić information content (AvgIpc) is 3.03. The monoisotopic (exact) mass is 344 g/mol. The van der Waals surface area contributed by atoms with Crippen LogP contribution in [0.4, 0.5) is 5.69 Å². The fraction of sp³-hybridized carbons (Fsp3) is 0.278. The van der Waals surface area contributed by atoms with Crippen LogP contribution in [0.15, 0.2) is 53.4 Å². The van der Waals surface area contributed by atoms with Crippen LogP contribution in [0.3, 0.4) is 0 Å². The zero-order valence-electron chi connectivity index (χ0n) is 13.3. The molecule has 0 atom stereocenters. The lowest BCUT2D eigenvalue weighted by atomic mass is 10.1. The Morgan fingerprint density at radius 1 is 1.04 bits per heavy atom. The van der Waals surface area contributed by atoms with Gasteiger partial charge in [0.05, 0.1) is 10.6 Å². The number of hydrogen-bond donors (Lipinski definition) is 1. The van der Waals surface area contributed by atoms with E-state index in [0.29, 0.717) is 5.69 Å². The third-order valence-electron chi connectivity index (χ3n) is 4.26. The average molecular weight is 344 g/mol. The van der Waals surface area contributed by atoms with Crippen LogP contribution in [0.5, 0.6) is 0 Å². The fourth-order valence-electron chi connectivity index (χ4n) is 3.03. The lowest BCUT2D eigenvalue weighted by molar-refractivity contribution is -0.117. The van der Waals surface area contributed by atoms with E-state index in [1.165, 1.54) is 9.87 Å². The first-order chi connectivity index (χ1) is 11.5. The second-order valence-electron chi connectivity index (χ2n) is 5.91. The molecule has 2 aromatic rings. The number of primary amides is 1. The van der Waals surface area contributed by atoms with E-state index in [9.17, 15) is 13.2 Å². The highest BCUT2D eigenvalue weighted by molar-refractivity contribution is 7.92. The van der Waals surface area contributed by atoms with Crippen LogP contribution in [0.1, 0.15) is 24.0 Å². The molecule has 1 aliphatic carbocycles. The Bertz CT molecular complexity index is 848. The predicted octanol–water partition coefficient (Wildman–Crippen LogP) is 2.25. The van der Waals surface area contributed by atoms with Gasteiger partial charge in [0.25, 0.3) is 10.0 Å². The van der Waals surface area contributed by atoms with Crippen molar-refractivity contribution in [2.45, 2.75) is 30.6 Å². The Morgan fingerprint density at radius 3 is 2.46 bits per heavy atom. The number of amides is 1. The summed E-state index contributed by atoms with van der Waals surface area (Å²) in [7, 11) is -3.75. The van der Waals surface area contributed by atoms with Gasteiger partial charge in [-0.3, -0.25) is 9.10 Å². The standard InChI is InChI=1S/C18H20N2O3S/c19-18(21)11-12-20(16-7-2-1-3-8-16)24(22,23)17-10-9-14-5-4-6-15(14)13-17/h1-3,7-10,13H,4-6,11-12H2,(H2,19,21). The smallest absolute Gasteiger partial charge is 0.264 e. The number of sulfonamides is 1. The maximum absolute atomic E-state index is 13.1. The first-order valence-corrected chi connectivity index (χ1v) is 9.40. The minimum absolute atomic E-state index is 0.0266. The summed E-state index contributed by atoms with van der Waals surface area (Å²) in [5, 5.41) is 0. The van der Waals surface area contributed by atoms with Crippen molar-refractivity contribution in [3.05, 3.63) is 59.7 Å². The molecule has 0 heterocycles. The van der Waals surface area contributed by atoms with E-state index in [1.54, 1.807) is 36.4 Å². The number of rotatable bonds is 6. The number of nitrogens with zero attached hydrogens (tertiary/aromatic N) is 1. The van der Waals surface area contributed by atoms with Crippen LogP contribution in [-0.4, -0.2) is 20.9 Å². The van der Waals surface area contributed by atoms with E-state index in [0.717, 1.165) is 24.8 Å². The summed E-state index contributed by atoms with van der Waals surface area (Å²) in [4.78, 5) is 11.4.